The minimum atomic E-state index is -0.0786. The number of piperidine rings is 1. The van der Waals surface area contributed by atoms with E-state index in [0.717, 1.165) is 23.3 Å². The second kappa shape index (κ2) is 6.18. The molecule has 2 aromatic rings. The van der Waals surface area contributed by atoms with Crippen molar-refractivity contribution in [1.29, 1.82) is 0 Å². The summed E-state index contributed by atoms with van der Waals surface area (Å²) in [4.78, 5) is 19.5. The van der Waals surface area contributed by atoms with Crippen molar-refractivity contribution in [2.45, 2.75) is 43.9 Å². The summed E-state index contributed by atoms with van der Waals surface area (Å²) >= 11 is 0. The Morgan fingerprint density at radius 2 is 2.12 bits per heavy atom. The van der Waals surface area contributed by atoms with Gasteiger partial charge in [0.15, 0.2) is 0 Å². The van der Waals surface area contributed by atoms with Gasteiger partial charge in [-0.05, 0) is 31.4 Å². The predicted octanol–water partition coefficient (Wildman–Crippen LogP) is 1.49. The number of aromatic nitrogens is 2. The van der Waals surface area contributed by atoms with E-state index in [1.165, 1.54) is 12.8 Å². The molecule has 24 heavy (non-hydrogen) atoms. The fourth-order valence-corrected chi connectivity index (χ4v) is 3.56. The van der Waals surface area contributed by atoms with Gasteiger partial charge in [-0.3, -0.25) is 4.79 Å². The summed E-state index contributed by atoms with van der Waals surface area (Å²) in [7, 11) is 1.66. The Morgan fingerprint density at radius 3 is 2.88 bits per heavy atom. The van der Waals surface area contributed by atoms with Gasteiger partial charge < -0.3 is 19.9 Å². The minimum absolute atomic E-state index is 0.00940. The maximum Gasteiger partial charge on any atom is 0.242 e. The first-order valence-electron chi connectivity index (χ1n) is 8.68. The van der Waals surface area contributed by atoms with Crippen LogP contribution in [0.25, 0.3) is 11.0 Å². The van der Waals surface area contributed by atoms with E-state index in [-0.39, 0.29) is 18.1 Å². The van der Waals surface area contributed by atoms with E-state index >= 15 is 0 Å². The first-order chi connectivity index (χ1) is 11.7. The highest BCUT2D eigenvalue weighted by atomic mass is 16.5. The fraction of sp³-hybridized carbons (Fsp3) is 0.556. The lowest BCUT2D eigenvalue weighted by atomic mass is 10.0. The number of para-hydroxylation sites is 2. The van der Waals surface area contributed by atoms with E-state index in [1.54, 1.807) is 7.11 Å². The van der Waals surface area contributed by atoms with Crippen molar-refractivity contribution >= 4 is 16.9 Å². The number of nitrogens with zero attached hydrogens (tertiary/aromatic N) is 3. The van der Waals surface area contributed by atoms with Crippen LogP contribution in [0.4, 0.5) is 0 Å². The molecule has 2 heterocycles. The van der Waals surface area contributed by atoms with E-state index in [9.17, 15) is 4.79 Å². The van der Waals surface area contributed by atoms with Gasteiger partial charge in [0, 0.05) is 32.2 Å². The Morgan fingerprint density at radius 1 is 1.33 bits per heavy atom. The van der Waals surface area contributed by atoms with E-state index < -0.39 is 0 Å². The molecule has 0 spiro atoms. The predicted molar refractivity (Wildman–Crippen MR) is 91.7 cm³/mol. The third kappa shape index (κ3) is 2.80. The van der Waals surface area contributed by atoms with Gasteiger partial charge in [0.1, 0.15) is 12.4 Å². The fourth-order valence-electron chi connectivity index (χ4n) is 3.56. The van der Waals surface area contributed by atoms with E-state index in [1.807, 2.05) is 29.2 Å². The summed E-state index contributed by atoms with van der Waals surface area (Å²) in [6.07, 6.45) is 3.04. The van der Waals surface area contributed by atoms with Gasteiger partial charge in [-0.15, -0.1) is 0 Å². The van der Waals surface area contributed by atoms with E-state index in [4.69, 9.17) is 15.5 Å². The van der Waals surface area contributed by atoms with Gasteiger partial charge in [-0.1, -0.05) is 12.1 Å². The highest BCUT2D eigenvalue weighted by molar-refractivity contribution is 5.81. The summed E-state index contributed by atoms with van der Waals surface area (Å²) in [5.41, 5.74) is 8.08. The number of fused-ring (bicyclic) bond motifs is 1. The van der Waals surface area contributed by atoms with Crippen molar-refractivity contribution < 1.29 is 9.53 Å². The van der Waals surface area contributed by atoms with Crippen molar-refractivity contribution in [1.82, 2.24) is 14.5 Å². The Hall–Kier alpha value is -1.92. The number of rotatable bonds is 4. The smallest absolute Gasteiger partial charge is 0.242 e. The molecule has 2 fully saturated rings. The average Bonchev–Trinajstić information content (AvgIpc) is 3.38. The lowest BCUT2D eigenvalue weighted by molar-refractivity contribution is -0.135. The normalized spacial score (nSPS) is 24.5. The Labute approximate surface area is 141 Å². The molecule has 6 nitrogen and oxygen atoms in total. The van der Waals surface area contributed by atoms with Crippen LogP contribution in [0.3, 0.4) is 0 Å². The molecule has 1 aromatic carbocycles. The Balaban J connectivity index is 1.57. The molecule has 1 aliphatic heterocycles. The van der Waals surface area contributed by atoms with Crippen LogP contribution in [-0.2, 0) is 16.1 Å². The zero-order valence-corrected chi connectivity index (χ0v) is 14.0. The summed E-state index contributed by atoms with van der Waals surface area (Å²) in [5.74, 6) is 1.68. The second-order valence-electron chi connectivity index (χ2n) is 6.89. The molecule has 0 bridgehead atoms. The highest BCUT2D eigenvalue weighted by Crippen LogP contribution is 2.40. The number of carbonyl (C=O) groups excluding carboxylic acids is 1. The van der Waals surface area contributed by atoms with Crippen molar-refractivity contribution in [3.63, 3.8) is 0 Å². The van der Waals surface area contributed by atoms with Crippen molar-refractivity contribution in [3.05, 3.63) is 30.1 Å². The first-order valence-corrected chi connectivity index (χ1v) is 8.68. The van der Waals surface area contributed by atoms with Gasteiger partial charge in [0.05, 0.1) is 17.1 Å². The summed E-state index contributed by atoms with van der Waals surface area (Å²) in [5, 5.41) is 0. The third-order valence-corrected chi connectivity index (χ3v) is 5.19. The van der Waals surface area contributed by atoms with Crippen molar-refractivity contribution in [3.8, 4) is 0 Å². The number of ether oxygens (including phenoxy) is 1. The van der Waals surface area contributed by atoms with Gasteiger partial charge >= 0.3 is 0 Å². The van der Waals surface area contributed by atoms with Crippen LogP contribution >= 0.6 is 0 Å². The lowest BCUT2D eigenvalue weighted by Crippen LogP contribution is -2.53. The van der Waals surface area contributed by atoms with Crippen LogP contribution in [0, 0.1) is 0 Å². The maximum atomic E-state index is 12.9. The number of hydrogen-bond acceptors (Lipinski definition) is 4. The number of imidazole rings is 1. The summed E-state index contributed by atoms with van der Waals surface area (Å²) in [6, 6.07) is 8.07. The molecule has 1 aromatic heterocycles. The van der Waals surface area contributed by atoms with Gasteiger partial charge in [-0.2, -0.15) is 0 Å². The van der Waals surface area contributed by atoms with Crippen molar-refractivity contribution in [2.75, 3.05) is 20.2 Å². The Kier molecular flexibility index (Phi) is 4.02. The molecule has 0 radical (unpaired) electrons. The van der Waals surface area contributed by atoms with E-state index in [0.29, 0.717) is 25.6 Å². The lowest BCUT2D eigenvalue weighted by Gasteiger charge is -2.36. The molecule has 0 unspecified atom stereocenters. The maximum absolute atomic E-state index is 12.9. The SMILES string of the molecule is CO[C@@H]1CN(C(=O)Cn2c(C3CC3)nc3ccccc32)CC[C@@H]1N. The number of hydrogen-bond donors (Lipinski definition) is 1. The molecule has 2 aliphatic rings. The molecule has 2 atom stereocenters. The monoisotopic (exact) mass is 328 g/mol. The Bertz CT molecular complexity index is 753. The van der Waals surface area contributed by atoms with Crippen LogP contribution in [0.5, 0.6) is 0 Å². The molecular formula is C18H24N4O2. The number of amides is 1. The van der Waals surface area contributed by atoms with E-state index in [2.05, 4.69) is 4.57 Å². The molecule has 1 saturated heterocycles. The minimum Gasteiger partial charge on any atom is -0.378 e. The molecule has 2 N–H and O–H groups in total. The number of nitrogens with two attached hydrogens (primary N) is 1. The summed E-state index contributed by atoms with van der Waals surface area (Å²) in [6.45, 7) is 1.62. The molecule has 1 amide bonds. The van der Waals surface area contributed by atoms with Crippen LogP contribution in [0.1, 0.15) is 31.0 Å². The zero-order chi connectivity index (χ0) is 16.7. The largest absolute Gasteiger partial charge is 0.378 e. The topological polar surface area (TPSA) is 73.4 Å². The van der Waals surface area contributed by atoms with Crippen LogP contribution in [0.2, 0.25) is 0 Å². The van der Waals surface area contributed by atoms with Crippen molar-refractivity contribution in [2.24, 2.45) is 5.73 Å². The third-order valence-electron chi connectivity index (χ3n) is 5.19. The number of likely N-dealkylation sites (tertiary alicyclic amines) is 1. The van der Waals surface area contributed by atoms with Gasteiger partial charge in [-0.25, -0.2) is 4.98 Å². The van der Waals surface area contributed by atoms with Crippen LogP contribution in [0.15, 0.2) is 24.3 Å². The number of carbonyl (C=O) groups is 1. The first kappa shape index (κ1) is 15.6. The molecule has 128 valence electrons. The quantitative estimate of drug-likeness (QED) is 0.923. The van der Waals surface area contributed by atoms with Gasteiger partial charge in [0.25, 0.3) is 0 Å². The van der Waals surface area contributed by atoms with Crippen LogP contribution < -0.4 is 5.73 Å². The molecule has 1 aliphatic carbocycles. The number of benzene rings is 1. The molecule has 6 heteroatoms. The number of methoxy groups -OCH3 is 1. The molecule has 1 saturated carbocycles. The standard InChI is InChI=1S/C18H24N4O2/c1-24-16-10-21(9-8-13(16)19)17(23)11-22-15-5-3-2-4-14(15)20-18(22)12-6-7-12/h2-5,12-13,16H,6-11,19H2,1H3/t13-,16+/m0/s1. The summed E-state index contributed by atoms with van der Waals surface area (Å²) < 4.78 is 7.53. The average molecular weight is 328 g/mol. The highest BCUT2D eigenvalue weighted by Gasteiger charge is 2.32. The molecule has 4 rings (SSSR count). The molecular weight excluding hydrogens is 304 g/mol. The van der Waals surface area contributed by atoms with Gasteiger partial charge in [0.2, 0.25) is 5.91 Å². The second-order valence-corrected chi connectivity index (χ2v) is 6.89. The van der Waals surface area contributed by atoms with Crippen LogP contribution in [-0.4, -0.2) is 52.7 Å². The zero-order valence-electron chi connectivity index (χ0n) is 14.0.